The predicted molar refractivity (Wildman–Crippen MR) is 83.4 cm³/mol. The summed E-state index contributed by atoms with van der Waals surface area (Å²) in [5.74, 6) is -2.56. The number of carboxylic acid groups (broad SMARTS) is 1. The van der Waals surface area contributed by atoms with Crippen molar-refractivity contribution >= 4 is 25.7 Å². The van der Waals surface area contributed by atoms with E-state index in [1.807, 2.05) is 0 Å². The van der Waals surface area contributed by atoms with Crippen LogP contribution in [0, 0.1) is 0 Å². The molecule has 11 nitrogen and oxygen atoms in total. The van der Waals surface area contributed by atoms with Gasteiger partial charge in [-0.2, -0.15) is 0 Å². The maximum absolute atomic E-state index is 11.7. The van der Waals surface area contributed by atoms with Gasteiger partial charge in [0.05, 0.1) is 13.2 Å². The Labute approximate surface area is 145 Å². The molecule has 12 heteroatoms. The van der Waals surface area contributed by atoms with Crippen molar-refractivity contribution in [1.29, 1.82) is 0 Å². The lowest BCUT2D eigenvalue weighted by Crippen LogP contribution is -2.34. The van der Waals surface area contributed by atoms with Gasteiger partial charge in [0.25, 0.3) is 0 Å². The number of carboxylic acids is 1. The lowest BCUT2D eigenvalue weighted by atomic mass is 10.3. The molecule has 146 valence electrons. The number of carbonyl (C=O) groups is 3. The topological polar surface area (TPSA) is 172 Å². The lowest BCUT2D eigenvalue weighted by Gasteiger charge is -2.20. The molecule has 0 aromatic carbocycles. The minimum atomic E-state index is -4.63. The van der Waals surface area contributed by atoms with Crippen molar-refractivity contribution < 1.29 is 47.5 Å². The second kappa shape index (κ2) is 11.9. The highest BCUT2D eigenvalue weighted by molar-refractivity contribution is 7.47. The van der Waals surface area contributed by atoms with Crippen LogP contribution in [0.2, 0.25) is 0 Å². The zero-order valence-electron chi connectivity index (χ0n) is 14.1. The molecule has 0 fully saturated rings. The van der Waals surface area contributed by atoms with Crippen molar-refractivity contribution in [2.24, 2.45) is 5.73 Å². The molecule has 0 bridgehead atoms. The average molecular weight is 385 g/mol. The summed E-state index contributed by atoms with van der Waals surface area (Å²) in [6.45, 7) is 1.61. The molecule has 3 atom stereocenters. The summed E-state index contributed by atoms with van der Waals surface area (Å²) in [7, 11) is -4.63. The minimum Gasteiger partial charge on any atom is -0.480 e. The van der Waals surface area contributed by atoms with Crippen molar-refractivity contribution in [1.82, 2.24) is 0 Å². The molecule has 0 aromatic heterocycles. The molecule has 0 heterocycles. The number of hydrogen-bond donors (Lipinski definition) is 3. The third kappa shape index (κ3) is 11.6. The van der Waals surface area contributed by atoms with Crippen LogP contribution in [0.15, 0.2) is 0 Å². The van der Waals surface area contributed by atoms with Gasteiger partial charge in [0, 0.05) is 12.8 Å². The Kier molecular flexibility index (Phi) is 11.2. The van der Waals surface area contributed by atoms with Crippen molar-refractivity contribution in [2.45, 2.75) is 45.3 Å². The Balaban J connectivity index is 4.59. The molecule has 0 aliphatic heterocycles. The Bertz CT molecular complexity index is 497. The molecule has 4 N–H and O–H groups in total. The SMILES string of the molecule is CCCC(=O)OC(COC(=O)CC)COP(=O)(O)OC[C@H](N)C(=O)O. The van der Waals surface area contributed by atoms with Crippen molar-refractivity contribution in [3.8, 4) is 0 Å². The van der Waals surface area contributed by atoms with E-state index in [1.165, 1.54) is 0 Å². The Morgan fingerprint density at radius 1 is 1.08 bits per heavy atom. The number of hydrogen-bond acceptors (Lipinski definition) is 9. The normalized spacial score (nSPS) is 15.7. The first-order valence-electron chi connectivity index (χ1n) is 7.56. The summed E-state index contributed by atoms with van der Waals surface area (Å²) in [5.41, 5.74) is 5.14. The largest absolute Gasteiger partial charge is 0.480 e. The van der Waals surface area contributed by atoms with Gasteiger partial charge in [-0.25, -0.2) is 4.57 Å². The van der Waals surface area contributed by atoms with Gasteiger partial charge in [-0.05, 0) is 6.42 Å². The highest BCUT2D eigenvalue weighted by Gasteiger charge is 2.27. The van der Waals surface area contributed by atoms with E-state index in [-0.39, 0.29) is 19.4 Å². The maximum Gasteiger partial charge on any atom is 0.472 e. The number of esters is 2. The van der Waals surface area contributed by atoms with Gasteiger partial charge in [-0.15, -0.1) is 0 Å². The first kappa shape index (κ1) is 23.5. The lowest BCUT2D eigenvalue weighted by molar-refractivity contribution is -0.161. The standard InChI is InChI=1S/C13H24NO10P/c1-3-5-12(16)24-9(6-21-11(15)4-2)7-22-25(19,20)23-8-10(14)13(17)18/h9-10H,3-8,14H2,1-2H3,(H,17,18)(H,19,20)/t9?,10-/m0/s1. The Morgan fingerprint density at radius 3 is 2.20 bits per heavy atom. The molecular weight excluding hydrogens is 361 g/mol. The second-order valence-electron chi connectivity index (χ2n) is 4.90. The number of aliphatic carboxylic acids is 1. The number of carbonyl (C=O) groups excluding carboxylic acids is 2. The fourth-order valence-corrected chi connectivity index (χ4v) is 2.09. The quantitative estimate of drug-likeness (QED) is 0.292. The van der Waals surface area contributed by atoms with E-state index in [2.05, 4.69) is 9.05 Å². The fourth-order valence-electron chi connectivity index (χ4n) is 1.31. The monoisotopic (exact) mass is 385 g/mol. The molecule has 2 unspecified atom stereocenters. The van der Waals surface area contributed by atoms with Gasteiger partial charge in [0.1, 0.15) is 12.6 Å². The molecular formula is C13H24NO10P. The van der Waals surface area contributed by atoms with Crippen molar-refractivity contribution in [3.05, 3.63) is 0 Å². The second-order valence-corrected chi connectivity index (χ2v) is 6.36. The summed E-state index contributed by atoms with van der Waals surface area (Å²) in [5, 5.41) is 8.57. The molecule has 0 amide bonds. The van der Waals surface area contributed by atoms with E-state index in [4.69, 9.17) is 20.3 Å². The Morgan fingerprint density at radius 2 is 1.68 bits per heavy atom. The molecule has 0 spiro atoms. The molecule has 0 aliphatic rings. The van der Waals surface area contributed by atoms with Crippen LogP contribution in [-0.2, 0) is 37.5 Å². The molecule has 0 rings (SSSR count). The number of nitrogens with two attached hydrogens (primary N) is 1. The van der Waals surface area contributed by atoms with E-state index >= 15 is 0 Å². The van der Waals surface area contributed by atoms with E-state index in [9.17, 15) is 23.8 Å². The van der Waals surface area contributed by atoms with E-state index in [0.29, 0.717) is 6.42 Å². The molecule has 0 aliphatic carbocycles. The van der Waals surface area contributed by atoms with Crippen LogP contribution in [0.1, 0.15) is 33.1 Å². The van der Waals surface area contributed by atoms with Gasteiger partial charge in [-0.3, -0.25) is 23.4 Å². The number of rotatable bonds is 13. The van der Waals surface area contributed by atoms with Crippen molar-refractivity contribution in [2.75, 3.05) is 19.8 Å². The van der Waals surface area contributed by atoms with Crippen LogP contribution < -0.4 is 5.73 Å². The van der Waals surface area contributed by atoms with Gasteiger partial charge < -0.3 is 25.2 Å². The summed E-state index contributed by atoms with van der Waals surface area (Å²) in [6.07, 6.45) is -0.383. The van der Waals surface area contributed by atoms with Gasteiger partial charge in [0.2, 0.25) is 0 Å². The van der Waals surface area contributed by atoms with Crippen LogP contribution in [0.25, 0.3) is 0 Å². The van der Waals surface area contributed by atoms with E-state index in [1.54, 1.807) is 13.8 Å². The Hall–Kier alpha value is -1.52. The zero-order chi connectivity index (χ0) is 19.5. The first-order chi connectivity index (χ1) is 11.6. The van der Waals surface area contributed by atoms with Gasteiger partial charge in [-0.1, -0.05) is 13.8 Å². The average Bonchev–Trinajstić information content (AvgIpc) is 2.54. The van der Waals surface area contributed by atoms with E-state index < -0.39 is 51.1 Å². The number of phosphoric ester groups is 1. The fraction of sp³-hybridized carbons (Fsp3) is 0.769. The summed E-state index contributed by atoms with van der Waals surface area (Å²) in [4.78, 5) is 42.7. The maximum atomic E-state index is 11.7. The third-order valence-electron chi connectivity index (χ3n) is 2.63. The van der Waals surface area contributed by atoms with Gasteiger partial charge in [0.15, 0.2) is 6.10 Å². The van der Waals surface area contributed by atoms with Crippen molar-refractivity contribution in [3.63, 3.8) is 0 Å². The molecule has 25 heavy (non-hydrogen) atoms. The molecule has 0 saturated heterocycles. The van der Waals surface area contributed by atoms with Crippen LogP contribution in [0.4, 0.5) is 0 Å². The van der Waals surface area contributed by atoms with Crippen LogP contribution in [0.3, 0.4) is 0 Å². The highest BCUT2D eigenvalue weighted by Crippen LogP contribution is 2.43. The summed E-state index contributed by atoms with van der Waals surface area (Å²) < 4.78 is 30.6. The number of ether oxygens (including phenoxy) is 2. The van der Waals surface area contributed by atoms with Gasteiger partial charge >= 0.3 is 25.7 Å². The van der Waals surface area contributed by atoms with Crippen LogP contribution >= 0.6 is 7.82 Å². The smallest absolute Gasteiger partial charge is 0.472 e. The molecule has 0 saturated carbocycles. The van der Waals surface area contributed by atoms with Crippen LogP contribution in [-0.4, -0.2) is 59.9 Å². The first-order valence-corrected chi connectivity index (χ1v) is 9.06. The molecule has 0 aromatic rings. The van der Waals surface area contributed by atoms with Crippen LogP contribution in [0.5, 0.6) is 0 Å². The third-order valence-corrected chi connectivity index (χ3v) is 3.58. The zero-order valence-corrected chi connectivity index (χ0v) is 15.0. The summed E-state index contributed by atoms with van der Waals surface area (Å²) in [6, 6.07) is -1.51. The summed E-state index contributed by atoms with van der Waals surface area (Å²) >= 11 is 0. The highest BCUT2D eigenvalue weighted by atomic mass is 31.2. The minimum absolute atomic E-state index is 0.102. The molecule has 0 radical (unpaired) electrons. The number of phosphoric acid groups is 1. The van der Waals surface area contributed by atoms with E-state index in [0.717, 1.165) is 0 Å². The predicted octanol–water partition coefficient (Wildman–Crippen LogP) is 0.197.